The van der Waals surface area contributed by atoms with Crippen LogP contribution in [0.4, 0.5) is 0 Å². The Hall–Kier alpha value is -2.75. The fraction of sp³-hybridized carbons (Fsp3) is 0.167. The summed E-state index contributed by atoms with van der Waals surface area (Å²) >= 11 is 0. The van der Waals surface area contributed by atoms with Crippen molar-refractivity contribution in [3.05, 3.63) is 64.0 Å². The lowest BCUT2D eigenvalue weighted by Crippen LogP contribution is -2.05. The maximum Gasteiger partial charge on any atom is 0.235 e. The first-order chi connectivity index (χ1) is 10.6. The summed E-state index contributed by atoms with van der Waals surface area (Å²) in [6.45, 7) is 3.96. The summed E-state index contributed by atoms with van der Waals surface area (Å²) in [7, 11) is 1.57. The average molecular weight is 296 g/mol. The molecule has 112 valence electrons. The fourth-order valence-corrected chi connectivity index (χ4v) is 2.41. The van der Waals surface area contributed by atoms with E-state index in [0.717, 1.165) is 11.1 Å². The molecule has 3 aromatic rings. The van der Waals surface area contributed by atoms with E-state index in [1.807, 2.05) is 32.0 Å². The second kappa shape index (κ2) is 5.56. The van der Waals surface area contributed by atoms with E-state index in [4.69, 9.17) is 13.9 Å². The normalized spacial score (nSPS) is 10.7. The molecule has 0 fully saturated rings. The van der Waals surface area contributed by atoms with E-state index in [2.05, 4.69) is 0 Å². The van der Waals surface area contributed by atoms with Gasteiger partial charge in [0.1, 0.15) is 23.3 Å². The van der Waals surface area contributed by atoms with Gasteiger partial charge in [-0.3, -0.25) is 4.79 Å². The van der Waals surface area contributed by atoms with Gasteiger partial charge in [0.2, 0.25) is 11.2 Å². The highest BCUT2D eigenvalue weighted by atomic mass is 16.5. The minimum atomic E-state index is -0.205. The monoisotopic (exact) mass is 296 g/mol. The zero-order valence-corrected chi connectivity index (χ0v) is 12.7. The highest BCUT2D eigenvalue weighted by molar-refractivity contribution is 5.79. The van der Waals surface area contributed by atoms with Crippen LogP contribution in [0.15, 0.2) is 51.9 Å². The Kier molecular flexibility index (Phi) is 3.59. The summed E-state index contributed by atoms with van der Waals surface area (Å²) in [6, 6.07) is 10.9. The number of benzene rings is 2. The van der Waals surface area contributed by atoms with E-state index in [0.29, 0.717) is 22.5 Å². The lowest BCUT2D eigenvalue weighted by atomic mass is 10.1. The number of aryl methyl sites for hydroxylation is 2. The SMILES string of the molecule is COc1ccc2c(=O)c(Oc3cc(C)cc(C)c3)coc2c1. The molecule has 3 rings (SSSR count). The number of rotatable bonds is 3. The Balaban J connectivity index is 2.04. The van der Waals surface area contributed by atoms with E-state index < -0.39 is 0 Å². The van der Waals surface area contributed by atoms with Gasteiger partial charge in [-0.05, 0) is 49.2 Å². The van der Waals surface area contributed by atoms with Crippen molar-refractivity contribution in [3.8, 4) is 17.2 Å². The van der Waals surface area contributed by atoms with Crippen molar-refractivity contribution in [3.63, 3.8) is 0 Å². The van der Waals surface area contributed by atoms with Gasteiger partial charge in [0.25, 0.3) is 0 Å². The predicted molar refractivity (Wildman–Crippen MR) is 85.0 cm³/mol. The summed E-state index contributed by atoms with van der Waals surface area (Å²) in [5.41, 5.74) is 2.41. The van der Waals surface area contributed by atoms with Crippen molar-refractivity contribution >= 4 is 11.0 Å². The van der Waals surface area contributed by atoms with Gasteiger partial charge < -0.3 is 13.9 Å². The Morgan fingerprint density at radius 3 is 2.36 bits per heavy atom. The van der Waals surface area contributed by atoms with E-state index in [9.17, 15) is 4.79 Å². The Morgan fingerprint density at radius 2 is 1.68 bits per heavy atom. The van der Waals surface area contributed by atoms with Gasteiger partial charge in [0.15, 0.2) is 0 Å². The standard InChI is InChI=1S/C18H16O4/c1-11-6-12(2)8-14(7-11)22-17-10-21-16-9-13(20-3)4-5-15(16)18(17)19/h4-10H,1-3H3. The third kappa shape index (κ3) is 2.68. The van der Waals surface area contributed by atoms with Crippen molar-refractivity contribution in [1.82, 2.24) is 0 Å². The smallest absolute Gasteiger partial charge is 0.235 e. The molecule has 1 heterocycles. The van der Waals surface area contributed by atoms with Crippen molar-refractivity contribution in [2.24, 2.45) is 0 Å². The van der Waals surface area contributed by atoms with Gasteiger partial charge in [-0.2, -0.15) is 0 Å². The quantitative estimate of drug-likeness (QED) is 0.726. The van der Waals surface area contributed by atoms with Crippen LogP contribution < -0.4 is 14.9 Å². The molecule has 0 N–H and O–H groups in total. The molecule has 0 unspecified atom stereocenters. The highest BCUT2D eigenvalue weighted by Gasteiger charge is 2.10. The molecule has 4 nitrogen and oxygen atoms in total. The van der Waals surface area contributed by atoms with Crippen LogP contribution in [0.2, 0.25) is 0 Å². The number of fused-ring (bicyclic) bond motifs is 1. The van der Waals surface area contributed by atoms with Crippen LogP contribution >= 0.6 is 0 Å². The highest BCUT2D eigenvalue weighted by Crippen LogP contribution is 2.25. The molecule has 0 aliphatic rings. The Labute approximate surface area is 127 Å². The molecule has 1 aromatic heterocycles. The van der Waals surface area contributed by atoms with Crippen LogP contribution in [0.1, 0.15) is 11.1 Å². The van der Waals surface area contributed by atoms with Crippen molar-refractivity contribution in [2.75, 3.05) is 7.11 Å². The van der Waals surface area contributed by atoms with E-state index in [-0.39, 0.29) is 11.2 Å². The van der Waals surface area contributed by atoms with Crippen molar-refractivity contribution < 1.29 is 13.9 Å². The van der Waals surface area contributed by atoms with E-state index >= 15 is 0 Å². The fourth-order valence-electron chi connectivity index (χ4n) is 2.41. The predicted octanol–water partition coefficient (Wildman–Crippen LogP) is 4.21. The summed E-state index contributed by atoms with van der Waals surface area (Å²) < 4.78 is 16.3. The minimum Gasteiger partial charge on any atom is -0.497 e. The molecule has 4 heteroatoms. The van der Waals surface area contributed by atoms with Gasteiger partial charge in [0, 0.05) is 6.07 Å². The first-order valence-electron chi connectivity index (χ1n) is 6.92. The third-order valence-electron chi connectivity index (χ3n) is 3.37. The van der Waals surface area contributed by atoms with Crippen LogP contribution in [-0.4, -0.2) is 7.11 Å². The number of hydrogen-bond acceptors (Lipinski definition) is 4. The molecular formula is C18H16O4. The molecule has 22 heavy (non-hydrogen) atoms. The van der Waals surface area contributed by atoms with Crippen molar-refractivity contribution in [2.45, 2.75) is 13.8 Å². The van der Waals surface area contributed by atoms with Crippen molar-refractivity contribution in [1.29, 1.82) is 0 Å². The second-order valence-electron chi connectivity index (χ2n) is 5.22. The summed E-state index contributed by atoms with van der Waals surface area (Å²) in [6.07, 6.45) is 1.34. The molecular weight excluding hydrogens is 280 g/mol. The number of methoxy groups -OCH3 is 1. The molecule has 0 aliphatic carbocycles. The van der Waals surface area contributed by atoms with Gasteiger partial charge in [-0.1, -0.05) is 6.07 Å². The van der Waals surface area contributed by atoms with Crippen LogP contribution in [0, 0.1) is 13.8 Å². The maximum absolute atomic E-state index is 12.5. The molecule has 0 radical (unpaired) electrons. The lowest BCUT2D eigenvalue weighted by Gasteiger charge is -2.08. The van der Waals surface area contributed by atoms with Gasteiger partial charge >= 0.3 is 0 Å². The second-order valence-corrected chi connectivity index (χ2v) is 5.22. The molecule has 0 aliphatic heterocycles. The molecule has 2 aromatic carbocycles. The van der Waals surface area contributed by atoms with Crippen LogP contribution in [-0.2, 0) is 0 Å². The summed E-state index contributed by atoms with van der Waals surface area (Å²) in [5, 5.41) is 0.461. The lowest BCUT2D eigenvalue weighted by molar-refractivity contribution is 0.413. The van der Waals surface area contributed by atoms with Gasteiger partial charge in [-0.25, -0.2) is 0 Å². The molecule has 0 amide bonds. The van der Waals surface area contributed by atoms with Crippen LogP contribution in [0.25, 0.3) is 11.0 Å². The summed E-state index contributed by atoms with van der Waals surface area (Å²) in [5.74, 6) is 1.43. The van der Waals surface area contributed by atoms with Crippen LogP contribution in [0.5, 0.6) is 17.2 Å². The van der Waals surface area contributed by atoms with Gasteiger partial charge in [0.05, 0.1) is 12.5 Å². The van der Waals surface area contributed by atoms with Crippen LogP contribution in [0.3, 0.4) is 0 Å². The number of ether oxygens (including phenoxy) is 2. The molecule has 0 saturated heterocycles. The first kappa shape index (κ1) is 14.2. The third-order valence-corrected chi connectivity index (χ3v) is 3.37. The largest absolute Gasteiger partial charge is 0.497 e. The first-order valence-corrected chi connectivity index (χ1v) is 6.92. The topological polar surface area (TPSA) is 48.7 Å². The minimum absolute atomic E-state index is 0.169. The molecule has 0 spiro atoms. The van der Waals surface area contributed by atoms with E-state index in [1.54, 1.807) is 25.3 Å². The molecule has 0 atom stereocenters. The average Bonchev–Trinajstić information content (AvgIpc) is 2.49. The zero-order chi connectivity index (χ0) is 15.7. The molecule has 0 bridgehead atoms. The zero-order valence-electron chi connectivity index (χ0n) is 12.7. The maximum atomic E-state index is 12.5. The summed E-state index contributed by atoms with van der Waals surface area (Å²) in [4.78, 5) is 12.5. The Morgan fingerprint density at radius 1 is 0.955 bits per heavy atom. The Bertz CT molecular complexity index is 873. The number of hydrogen-bond donors (Lipinski definition) is 0. The van der Waals surface area contributed by atoms with Gasteiger partial charge in [-0.15, -0.1) is 0 Å². The molecule has 0 saturated carbocycles. The van der Waals surface area contributed by atoms with E-state index in [1.165, 1.54) is 6.26 Å².